The average molecular weight is 469 g/mol. The summed E-state index contributed by atoms with van der Waals surface area (Å²) in [6.07, 6.45) is 26.5. The summed E-state index contributed by atoms with van der Waals surface area (Å²) < 4.78 is 0. The molecule has 4 aliphatic rings. The molecule has 0 heterocycles. The van der Waals surface area contributed by atoms with E-state index in [1.54, 1.807) is 0 Å². The molecule has 0 radical (unpaired) electrons. The van der Waals surface area contributed by atoms with Crippen LogP contribution in [0.5, 0.6) is 0 Å². The van der Waals surface area contributed by atoms with E-state index in [0.717, 1.165) is 29.6 Å². The zero-order chi connectivity index (χ0) is 24.3. The Hall–Kier alpha value is -0.720. The van der Waals surface area contributed by atoms with Crippen molar-refractivity contribution in [3.63, 3.8) is 0 Å². The lowest BCUT2D eigenvalue weighted by molar-refractivity contribution is -0.00815. The maximum Gasteiger partial charge on any atom is 0.0783 e. The van der Waals surface area contributed by atoms with Gasteiger partial charge in [-0.15, -0.1) is 0 Å². The highest BCUT2D eigenvalue weighted by atomic mass is 16.2. The summed E-state index contributed by atoms with van der Waals surface area (Å²) in [7, 11) is 0. The molecule has 0 amide bonds. The normalized spacial score (nSPS) is 39.6. The fraction of sp³-hybridized carbons (Fsp3) is 0.879. The first kappa shape index (κ1) is 26.3. The number of aliphatic hydroxyl groups is 1. The molecule has 0 spiro atoms. The zero-order valence-corrected chi connectivity index (χ0v) is 23.4. The molecule has 4 aliphatic carbocycles. The summed E-state index contributed by atoms with van der Waals surface area (Å²) in [5.41, 5.74) is 4.27. The van der Waals surface area contributed by atoms with Crippen LogP contribution in [0.3, 0.4) is 0 Å². The Morgan fingerprint density at radius 3 is 2.53 bits per heavy atom. The van der Waals surface area contributed by atoms with Crippen LogP contribution in [0.15, 0.2) is 23.5 Å². The highest BCUT2D eigenvalue weighted by molar-refractivity contribution is 5.27. The van der Waals surface area contributed by atoms with E-state index in [-0.39, 0.29) is 0 Å². The average Bonchev–Trinajstić information content (AvgIpc) is 3.20. The van der Waals surface area contributed by atoms with Crippen LogP contribution >= 0.6 is 0 Å². The molecule has 1 N–H and O–H groups in total. The first-order chi connectivity index (χ1) is 16.3. The first-order valence-electron chi connectivity index (χ1n) is 15.4. The summed E-state index contributed by atoms with van der Waals surface area (Å²) in [4.78, 5) is 0. The van der Waals surface area contributed by atoms with Crippen LogP contribution in [0.4, 0.5) is 0 Å². The Labute approximate surface area is 212 Å². The van der Waals surface area contributed by atoms with Gasteiger partial charge < -0.3 is 5.11 Å². The van der Waals surface area contributed by atoms with Gasteiger partial charge in [0.25, 0.3) is 0 Å². The van der Waals surface area contributed by atoms with E-state index < -0.39 is 0 Å². The van der Waals surface area contributed by atoms with Crippen LogP contribution < -0.4 is 0 Å². The lowest BCUT2D eigenvalue weighted by atomic mass is 9.48. The van der Waals surface area contributed by atoms with Crippen LogP contribution in [0.25, 0.3) is 0 Å². The van der Waals surface area contributed by atoms with Gasteiger partial charge in [-0.3, -0.25) is 0 Å². The Bertz CT molecular complexity index is 733. The molecule has 0 aromatic rings. The number of allylic oxidation sites excluding steroid dienone is 3. The van der Waals surface area contributed by atoms with E-state index in [9.17, 15) is 5.11 Å². The van der Waals surface area contributed by atoms with Gasteiger partial charge >= 0.3 is 0 Å². The van der Waals surface area contributed by atoms with Crippen molar-refractivity contribution in [2.75, 3.05) is 0 Å². The molecule has 8 atom stereocenters. The van der Waals surface area contributed by atoms with Crippen molar-refractivity contribution in [3.8, 4) is 0 Å². The van der Waals surface area contributed by atoms with Crippen LogP contribution in [-0.2, 0) is 0 Å². The minimum absolute atomic E-state index is 0.526. The number of unbranched alkanes of at least 4 members (excludes halogenated alkanes) is 3. The van der Waals surface area contributed by atoms with Gasteiger partial charge in [0.1, 0.15) is 0 Å². The third-order valence-corrected chi connectivity index (χ3v) is 12.0. The highest BCUT2D eigenvalue weighted by Crippen LogP contribution is 2.67. The van der Waals surface area contributed by atoms with Gasteiger partial charge in [0.2, 0.25) is 0 Å². The minimum Gasteiger partial charge on any atom is -0.516 e. The van der Waals surface area contributed by atoms with Crippen LogP contribution in [0.2, 0.25) is 0 Å². The second-order valence-corrected chi connectivity index (χ2v) is 13.7. The Kier molecular flexibility index (Phi) is 8.62. The van der Waals surface area contributed by atoms with Crippen molar-refractivity contribution in [2.45, 2.75) is 137 Å². The molecule has 0 aromatic heterocycles. The van der Waals surface area contributed by atoms with Gasteiger partial charge in [-0.1, -0.05) is 77.9 Å². The van der Waals surface area contributed by atoms with Gasteiger partial charge in [-0.2, -0.15) is 0 Å². The van der Waals surface area contributed by atoms with Gasteiger partial charge in [0.15, 0.2) is 0 Å². The van der Waals surface area contributed by atoms with Crippen molar-refractivity contribution in [1.29, 1.82) is 0 Å². The highest BCUT2D eigenvalue weighted by Gasteiger charge is 2.57. The molecule has 1 heteroatoms. The second kappa shape index (κ2) is 11.1. The largest absolute Gasteiger partial charge is 0.516 e. The third-order valence-electron chi connectivity index (χ3n) is 12.0. The molecular formula is C33H56O. The number of fused-ring (bicyclic) bond motifs is 5. The van der Waals surface area contributed by atoms with Crippen LogP contribution in [0, 0.1) is 46.3 Å². The van der Waals surface area contributed by atoms with Gasteiger partial charge in [0, 0.05) is 0 Å². The molecule has 4 rings (SSSR count). The SMILES string of the molecule is CCCCCCC(CC[C@@H](C)[C@H]1CC[C@H]2C3=CCC4CCCC[C@]4(C)[C@H]3CC[C@]12C)C(C)=CO. The predicted molar refractivity (Wildman–Crippen MR) is 147 cm³/mol. The number of aliphatic hydroxyl groups excluding tert-OH is 1. The van der Waals surface area contributed by atoms with E-state index in [1.807, 2.05) is 5.57 Å². The summed E-state index contributed by atoms with van der Waals surface area (Å²) in [5, 5.41) is 9.73. The Balaban J connectivity index is 1.40. The molecule has 2 unspecified atom stereocenters. The smallest absolute Gasteiger partial charge is 0.0783 e. The summed E-state index contributed by atoms with van der Waals surface area (Å²) in [6.45, 7) is 12.4. The predicted octanol–water partition coefficient (Wildman–Crippen LogP) is 10.4. The molecule has 0 aliphatic heterocycles. The topological polar surface area (TPSA) is 20.2 Å². The van der Waals surface area contributed by atoms with Crippen molar-refractivity contribution >= 4 is 0 Å². The lowest BCUT2D eigenvalue weighted by Gasteiger charge is -2.57. The summed E-state index contributed by atoms with van der Waals surface area (Å²) in [6, 6.07) is 0. The number of hydrogen-bond acceptors (Lipinski definition) is 1. The Morgan fingerprint density at radius 2 is 1.76 bits per heavy atom. The summed E-state index contributed by atoms with van der Waals surface area (Å²) >= 11 is 0. The fourth-order valence-corrected chi connectivity index (χ4v) is 9.71. The Morgan fingerprint density at radius 1 is 0.971 bits per heavy atom. The number of hydrogen-bond donors (Lipinski definition) is 1. The van der Waals surface area contributed by atoms with E-state index in [0.29, 0.717) is 16.7 Å². The molecule has 3 fully saturated rings. The van der Waals surface area contributed by atoms with Gasteiger partial charge in [-0.05, 0) is 123 Å². The van der Waals surface area contributed by atoms with Crippen LogP contribution in [-0.4, -0.2) is 5.11 Å². The third kappa shape index (κ3) is 4.93. The zero-order valence-electron chi connectivity index (χ0n) is 23.4. The second-order valence-electron chi connectivity index (χ2n) is 13.7. The van der Waals surface area contributed by atoms with E-state index in [4.69, 9.17) is 0 Å². The fourth-order valence-electron chi connectivity index (χ4n) is 9.71. The number of rotatable bonds is 10. The summed E-state index contributed by atoms with van der Waals surface area (Å²) in [5.74, 6) is 4.99. The maximum atomic E-state index is 9.73. The van der Waals surface area contributed by atoms with Crippen molar-refractivity contribution < 1.29 is 5.11 Å². The molecule has 1 nitrogen and oxygen atoms in total. The van der Waals surface area contributed by atoms with Crippen molar-refractivity contribution in [2.24, 2.45) is 46.3 Å². The molecule has 194 valence electrons. The van der Waals surface area contributed by atoms with Gasteiger partial charge in [0.05, 0.1) is 6.26 Å². The molecular weight excluding hydrogens is 412 g/mol. The molecule has 0 bridgehead atoms. The maximum absolute atomic E-state index is 9.73. The van der Waals surface area contributed by atoms with Crippen molar-refractivity contribution in [1.82, 2.24) is 0 Å². The quantitative estimate of drug-likeness (QED) is 0.192. The van der Waals surface area contributed by atoms with E-state index >= 15 is 0 Å². The molecule has 3 saturated carbocycles. The molecule has 34 heavy (non-hydrogen) atoms. The standard InChI is InChI=1S/C33H56O/c1-6-7-8-9-12-26(25(3)23-34)15-14-24(2)29-18-19-30-28-17-16-27-13-10-11-21-32(27,4)31(28)20-22-33(29,30)5/h17,23-24,26-27,29-31,34H,6-16,18-22H2,1-5H3/t24-,26?,27?,29-,30+,31+,32+,33-/m1/s1. The monoisotopic (exact) mass is 468 g/mol. The van der Waals surface area contributed by atoms with Gasteiger partial charge in [-0.25, -0.2) is 0 Å². The van der Waals surface area contributed by atoms with E-state index in [1.165, 1.54) is 115 Å². The molecule has 0 aromatic carbocycles. The van der Waals surface area contributed by atoms with Crippen LogP contribution in [0.1, 0.15) is 137 Å². The lowest BCUT2D eigenvalue weighted by Crippen LogP contribution is -2.48. The first-order valence-corrected chi connectivity index (χ1v) is 15.4. The minimum atomic E-state index is 0.526. The van der Waals surface area contributed by atoms with E-state index in [2.05, 4.69) is 40.7 Å². The molecule has 0 saturated heterocycles. The van der Waals surface area contributed by atoms with Crippen molar-refractivity contribution in [3.05, 3.63) is 23.5 Å².